The number of rotatable bonds is 0. The lowest BCUT2D eigenvalue weighted by atomic mass is 10.7. The number of nitrogens with zero attached hydrogens (tertiary/aromatic N) is 3. The van der Waals surface area contributed by atoms with E-state index in [1.54, 1.807) is 0 Å². The lowest BCUT2D eigenvalue weighted by Crippen LogP contribution is -1.81. The van der Waals surface area contributed by atoms with Gasteiger partial charge in [0.05, 0.1) is 6.20 Å². The van der Waals surface area contributed by atoms with Crippen LogP contribution < -0.4 is 0 Å². The highest BCUT2D eigenvalue weighted by Crippen LogP contribution is 1.92. The summed E-state index contributed by atoms with van der Waals surface area (Å²) in [5, 5.41) is 18.1. The molecule has 1 aromatic rings. The molecule has 4 nitrogen and oxygen atoms in total. The molecule has 8 heavy (non-hydrogen) atoms. The minimum absolute atomic E-state index is 0. The van der Waals surface area contributed by atoms with Crippen LogP contribution in [0.15, 0.2) is 12.3 Å². The molecule has 1 rings (SSSR count). The maximum atomic E-state index is 8.42. The molecule has 1 aromatic heterocycles. The topological polar surface area (TPSA) is 58.9 Å². The fourth-order valence-corrected chi connectivity index (χ4v) is 0.235. The van der Waals surface area contributed by atoms with Crippen LogP contribution in [0.1, 0.15) is 0 Å². The standard InChI is InChI=1S/C3H3N3O.H3P/c7-3-1-2-4-6-5-3;/h1-2H,(H,4,5,7);1H3. The van der Waals surface area contributed by atoms with Gasteiger partial charge in [0.25, 0.3) is 0 Å². The zero-order valence-corrected chi connectivity index (χ0v) is 5.56. The van der Waals surface area contributed by atoms with Crippen molar-refractivity contribution in [2.24, 2.45) is 0 Å². The van der Waals surface area contributed by atoms with E-state index >= 15 is 0 Å². The van der Waals surface area contributed by atoms with Crippen molar-refractivity contribution in [1.82, 2.24) is 15.4 Å². The first-order valence-electron chi connectivity index (χ1n) is 1.73. The van der Waals surface area contributed by atoms with Gasteiger partial charge in [0.15, 0.2) is 0 Å². The van der Waals surface area contributed by atoms with Crippen LogP contribution in [-0.4, -0.2) is 20.5 Å². The van der Waals surface area contributed by atoms with Crippen molar-refractivity contribution in [1.29, 1.82) is 0 Å². The molecule has 0 amide bonds. The second-order valence-corrected chi connectivity index (χ2v) is 0.979. The van der Waals surface area contributed by atoms with E-state index in [1.165, 1.54) is 12.3 Å². The molecule has 0 radical (unpaired) electrons. The predicted octanol–water partition coefficient (Wildman–Crippen LogP) is -0.365. The van der Waals surface area contributed by atoms with Crippen LogP contribution in [0, 0.1) is 0 Å². The molecule has 0 aliphatic carbocycles. The Hall–Kier alpha value is -0.760. The molecule has 0 fully saturated rings. The Labute approximate surface area is 49.6 Å². The molecule has 1 atom stereocenters. The highest BCUT2D eigenvalue weighted by atomic mass is 31.0. The monoisotopic (exact) mass is 131 g/mol. The Morgan fingerprint density at radius 2 is 2.25 bits per heavy atom. The third kappa shape index (κ3) is 1.80. The van der Waals surface area contributed by atoms with Gasteiger partial charge in [-0.1, -0.05) is 5.10 Å². The fraction of sp³-hybridized carbons (Fsp3) is 0. The summed E-state index contributed by atoms with van der Waals surface area (Å²) in [6.07, 6.45) is 1.36. The van der Waals surface area contributed by atoms with Gasteiger partial charge < -0.3 is 5.11 Å². The van der Waals surface area contributed by atoms with Gasteiger partial charge in [-0.3, -0.25) is 0 Å². The second kappa shape index (κ2) is 3.27. The van der Waals surface area contributed by atoms with E-state index in [2.05, 4.69) is 15.4 Å². The van der Waals surface area contributed by atoms with Crippen LogP contribution >= 0.6 is 9.90 Å². The SMILES string of the molecule is Oc1ccnnn1.P. The van der Waals surface area contributed by atoms with Crippen molar-refractivity contribution < 1.29 is 5.11 Å². The predicted molar refractivity (Wildman–Crippen MR) is 32.6 cm³/mol. The van der Waals surface area contributed by atoms with Gasteiger partial charge in [-0.05, 0) is 5.21 Å². The summed E-state index contributed by atoms with van der Waals surface area (Å²) in [5.74, 6) is -0.102. The number of aromatic hydroxyl groups is 1. The van der Waals surface area contributed by atoms with Crippen molar-refractivity contribution in [3.05, 3.63) is 12.3 Å². The number of hydrogen-bond acceptors (Lipinski definition) is 4. The maximum Gasteiger partial charge on any atom is 0.234 e. The minimum Gasteiger partial charge on any atom is -0.492 e. The van der Waals surface area contributed by atoms with Gasteiger partial charge in [0, 0.05) is 6.07 Å². The van der Waals surface area contributed by atoms with Crippen molar-refractivity contribution in [3.8, 4) is 5.88 Å². The van der Waals surface area contributed by atoms with E-state index in [-0.39, 0.29) is 15.8 Å². The van der Waals surface area contributed by atoms with Crippen molar-refractivity contribution in [2.45, 2.75) is 0 Å². The van der Waals surface area contributed by atoms with E-state index in [0.717, 1.165) is 0 Å². The molecule has 0 aliphatic heterocycles. The molecule has 0 bridgehead atoms. The van der Waals surface area contributed by atoms with Crippen molar-refractivity contribution >= 4 is 9.90 Å². The molecule has 0 spiro atoms. The molecular weight excluding hydrogens is 125 g/mol. The summed E-state index contributed by atoms with van der Waals surface area (Å²) < 4.78 is 0. The van der Waals surface area contributed by atoms with E-state index in [1.807, 2.05) is 0 Å². The van der Waals surface area contributed by atoms with Gasteiger partial charge in [-0.15, -0.1) is 5.10 Å². The lowest BCUT2D eigenvalue weighted by molar-refractivity contribution is 0.440. The Kier molecular flexibility index (Phi) is 2.96. The van der Waals surface area contributed by atoms with Crippen LogP contribution in [0.4, 0.5) is 0 Å². The van der Waals surface area contributed by atoms with Gasteiger partial charge in [0.2, 0.25) is 5.88 Å². The van der Waals surface area contributed by atoms with Gasteiger partial charge in [0.1, 0.15) is 0 Å². The number of hydrogen-bond donors (Lipinski definition) is 1. The molecule has 44 valence electrons. The summed E-state index contributed by atoms with van der Waals surface area (Å²) in [4.78, 5) is 0. The Morgan fingerprint density at radius 3 is 2.50 bits per heavy atom. The van der Waals surface area contributed by atoms with Gasteiger partial charge in [-0.2, -0.15) is 9.90 Å². The average Bonchev–Trinajstić information content (AvgIpc) is 1.69. The van der Waals surface area contributed by atoms with Crippen LogP contribution in [0.3, 0.4) is 0 Å². The quantitative estimate of drug-likeness (QED) is 0.488. The van der Waals surface area contributed by atoms with E-state index in [9.17, 15) is 0 Å². The van der Waals surface area contributed by atoms with Crippen LogP contribution in [0.25, 0.3) is 0 Å². The van der Waals surface area contributed by atoms with E-state index in [0.29, 0.717) is 0 Å². The molecule has 1 unspecified atom stereocenters. The smallest absolute Gasteiger partial charge is 0.234 e. The molecule has 5 heteroatoms. The summed E-state index contributed by atoms with van der Waals surface area (Å²) in [7, 11) is 0. The zero-order chi connectivity index (χ0) is 5.11. The maximum absolute atomic E-state index is 8.42. The normalized spacial score (nSPS) is 7.50. The third-order valence-corrected chi connectivity index (χ3v) is 0.489. The largest absolute Gasteiger partial charge is 0.492 e. The highest BCUT2D eigenvalue weighted by molar-refractivity contribution is 6.92. The fourth-order valence-electron chi connectivity index (χ4n) is 0.235. The average molecular weight is 131 g/mol. The summed E-state index contributed by atoms with van der Waals surface area (Å²) in [6, 6.07) is 1.35. The second-order valence-electron chi connectivity index (χ2n) is 0.979. The van der Waals surface area contributed by atoms with Crippen LogP contribution in [-0.2, 0) is 0 Å². The van der Waals surface area contributed by atoms with E-state index < -0.39 is 0 Å². The molecule has 0 aliphatic rings. The van der Waals surface area contributed by atoms with E-state index in [4.69, 9.17) is 5.11 Å². The Morgan fingerprint density at radius 1 is 1.50 bits per heavy atom. The summed E-state index contributed by atoms with van der Waals surface area (Å²) in [5.41, 5.74) is 0. The first kappa shape index (κ1) is 7.24. The molecule has 0 aromatic carbocycles. The molecular formula is C3H6N3OP. The summed E-state index contributed by atoms with van der Waals surface area (Å²) >= 11 is 0. The zero-order valence-electron chi connectivity index (χ0n) is 4.15. The van der Waals surface area contributed by atoms with Crippen LogP contribution in [0.2, 0.25) is 0 Å². The Bertz CT molecular complexity index is 144. The first-order chi connectivity index (χ1) is 3.39. The molecule has 1 N–H and O–H groups in total. The van der Waals surface area contributed by atoms with Gasteiger partial charge >= 0.3 is 0 Å². The summed E-state index contributed by atoms with van der Waals surface area (Å²) in [6.45, 7) is 0. The Balaban J connectivity index is 0.000000490. The highest BCUT2D eigenvalue weighted by Gasteiger charge is 1.79. The third-order valence-electron chi connectivity index (χ3n) is 0.489. The van der Waals surface area contributed by atoms with Crippen molar-refractivity contribution in [3.63, 3.8) is 0 Å². The van der Waals surface area contributed by atoms with Crippen molar-refractivity contribution in [2.75, 3.05) is 0 Å². The molecule has 0 saturated carbocycles. The first-order valence-corrected chi connectivity index (χ1v) is 1.73. The number of aromatic nitrogens is 3. The van der Waals surface area contributed by atoms with Crippen LogP contribution in [0.5, 0.6) is 5.88 Å². The molecule has 0 saturated heterocycles. The lowest BCUT2D eigenvalue weighted by Gasteiger charge is -1.78. The van der Waals surface area contributed by atoms with Gasteiger partial charge in [-0.25, -0.2) is 0 Å². The minimum atomic E-state index is -0.102. The molecule has 1 heterocycles.